The quantitative estimate of drug-likeness (QED) is 0.0521. The zero-order valence-electron chi connectivity index (χ0n) is 36.1. The number of hydrogen-bond acceptors (Lipinski definition) is 18. The van der Waals surface area contributed by atoms with Crippen molar-refractivity contribution in [1.29, 1.82) is 0 Å². The van der Waals surface area contributed by atoms with Gasteiger partial charge in [0.05, 0.1) is 23.7 Å². The maximum atomic E-state index is 14.4. The average Bonchev–Trinajstić information content (AvgIpc) is 3.98. The normalized spacial score (nSPS) is 32.0. The van der Waals surface area contributed by atoms with Crippen molar-refractivity contribution in [1.82, 2.24) is 0 Å². The molecule has 1 amide bonds. The molecule has 2 aromatic carbocycles. The van der Waals surface area contributed by atoms with Crippen molar-refractivity contribution in [3.05, 3.63) is 68.0 Å². The summed E-state index contributed by atoms with van der Waals surface area (Å²) in [6.07, 6.45) is -4.02. The predicted molar refractivity (Wildman–Crippen MR) is 228 cm³/mol. The number of epoxide rings is 1. The molecule has 8 N–H and O–H groups in total. The highest BCUT2D eigenvalue weighted by atomic mass is 35.5. The third-order valence-electron chi connectivity index (χ3n) is 13.7. The Morgan fingerprint density at radius 2 is 1.61 bits per heavy atom. The van der Waals surface area contributed by atoms with E-state index in [1.54, 1.807) is 13.8 Å². The third kappa shape index (κ3) is 7.17. The minimum atomic E-state index is -2.87. The summed E-state index contributed by atoms with van der Waals surface area (Å²) in [5.41, 5.74) is -12.0. The Hall–Kier alpha value is -5.41. The van der Waals surface area contributed by atoms with Crippen LogP contribution in [0.2, 0.25) is 5.02 Å². The number of aliphatic hydroxyl groups excluding tert-OH is 2. The molecule has 1 aromatic heterocycles. The number of Topliss-reactive ketones (excluding diaryl/α,β-unsaturated/α-hetero) is 1. The fraction of sp³-hybridized carbons (Fsp3) is 0.522. The maximum Gasteiger partial charge on any atom is 0.364 e. The molecule has 20 heteroatoms. The monoisotopic (exact) mass is 939 g/mol. The number of carbonyl (C=O) groups excluding carboxylic acids is 5. The van der Waals surface area contributed by atoms with Crippen LogP contribution in [0.3, 0.4) is 0 Å². The van der Waals surface area contributed by atoms with Gasteiger partial charge in [-0.25, -0.2) is 4.79 Å². The van der Waals surface area contributed by atoms with Gasteiger partial charge < -0.3 is 64.4 Å². The zero-order valence-corrected chi connectivity index (χ0v) is 36.9. The number of aliphatic hydroxyl groups is 4. The number of anilines is 1. The van der Waals surface area contributed by atoms with E-state index in [2.05, 4.69) is 5.32 Å². The van der Waals surface area contributed by atoms with Crippen LogP contribution in [0.15, 0.2) is 45.1 Å². The number of rotatable bonds is 13. The molecule has 3 aliphatic carbocycles. The van der Waals surface area contributed by atoms with Crippen LogP contribution in [-0.2, 0) is 38.1 Å². The number of nitrogens with one attached hydrogen (secondary N) is 1. The topological polar surface area (TPSA) is 309 Å². The zero-order chi connectivity index (χ0) is 47.8. The van der Waals surface area contributed by atoms with Gasteiger partial charge >= 0.3 is 17.6 Å². The molecule has 3 aromatic rings. The molecule has 0 spiro atoms. The summed E-state index contributed by atoms with van der Waals surface area (Å²) in [7, 11) is 0. The second-order valence-electron chi connectivity index (χ2n) is 18.0. The van der Waals surface area contributed by atoms with Gasteiger partial charge in [-0.1, -0.05) is 55.0 Å². The number of aromatic hydroxyl groups is 3. The molecular formula is C46H50ClNO18. The van der Waals surface area contributed by atoms with Crippen molar-refractivity contribution in [2.75, 3.05) is 5.32 Å². The molecule has 5 aliphatic rings. The van der Waals surface area contributed by atoms with Gasteiger partial charge in [-0.15, -0.1) is 0 Å². The molecule has 1 saturated carbocycles. The number of phenols is 2. The minimum absolute atomic E-state index is 0.0121. The van der Waals surface area contributed by atoms with Crippen molar-refractivity contribution in [2.24, 2.45) is 0 Å². The number of amides is 1. The molecule has 2 saturated heterocycles. The molecule has 0 bridgehead atoms. The molecule has 8 rings (SSSR count). The Labute approximate surface area is 380 Å². The smallest absolute Gasteiger partial charge is 0.364 e. The second kappa shape index (κ2) is 17.0. The van der Waals surface area contributed by atoms with Crippen LogP contribution in [-0.4, -0.2) is 112 Å². The highest BCUT2D eigenvalue weighted by molar-refractivity contribution is 6.36. The third-order valence-corrected chi connectivity index (χ3v) is 14.1. The number of phenolic OH excluding ortho intramolecular Hbond substituents is 2. The van der Waals surface area contributed by atoms with Gasteiger partial charge in [-0.2, -0.15) is 0 Å². The number of unbranched alkanes of at least 4 members (excludes halogenated alkanes) is 5. The molecule has 10 atom stereocenters. The van der Waals surface area contributed by atoms with Crippen LogP contribution in [0.1, 0.15) is 125 Å². The number of esters is 2. The number of fused-ring (bicyclic) bond motifs is 3. The highest BCUT2D eigenvalue weighted by Crippen LogP contribution is 2.74. The molecule has 0 unspecified atom stereocenters. The Morgan fingerprint density at radius 1 is 0.924 bits per heavy atom. The lowest BCUT2D eigenvalue weighted by molar-refractivity contribution is -0.210. The molecule has 19 nitrogen and oxygen atoms in total. The summed E-state index contributed by atoms with van der Waals surface area (Å²) in [6, 6.07) is 5.09. The van der Waals surface area contributed by atoms with Crippen molar-refractivity contribution < 1.29 is 83.1 Å². The first kappa shape index (κ1) is 47.1. The van der Waals surface area contributed by atoms with Crippen LogP contribution < -0.4 is 10.9 Å². The number of halogens is 1. The lowest BCUT2D eigenvalue weighted by Crippen LogP contribution is -2.78. The molecule has 66 heavy (non-hydrogen) atoms. The van der Waals surface area contributed by atoms with E-state index in [1.807, 2.05) is 0 Å². The van der Waals surface area contributed by atoms with Crippen molar-refractivity contribution >= 4 is 57.7 Å². The van der Waals surface area contributed by atoms with Gasteiger partial charge in [0.15, 0.2) is 40.1 Å². The standard InChI is InChI=1S/C46H50ClNO18/c1-20-16-29(51)45(61)43(60,18-20)19-30(52)44-41(58)33-24(40(57)46(44,45)66-44)13-12-23(36(33)55)27-17-28(38(21(2)62-27)63-22(3)49)64-32(54)11-9-7-5-4-6-8-10-31(53)48-35-37(56)25-14-15-26(50)34(47)39(25)65-42(35)59/h12-16,21,27-28,30,38,41,50,52,55-56,58,60-61H,4-11,17-19H2,1-3H3,(H,48,53)/t21-,27-,28-,30+,38-,41+,43-,44+,45-,46-/m1/s1. The van der Waals surface area contributed by atoms with E-state index < -0.39 is 118 Å². The maximum absolute atomic E-state index is 14.4. The first-order valence-electron chi connectivity index (χ1n) is 21.8. The van der Waals surface area contributed by atoms with Crippen LogP contribution in [0.25, 0.3) is 11.0 Å². The molecule has 3 fully saturated rings. The molecule has 0 radical (unpaired) electrons. The van der Waals surface area contributed by atoms with Gasteiger partial charge in [-0.3, -0.25) is 24.0 Å². The van der Waals surface area contributed by atoms with E-state index in [1.165, 1.54) is 31.2 Å². The van der Waals surface area contributed by atoms with Gasteiger partial charge in [0, 0.05) is 55.7 Å². The summed E-state index contributed by atoms with van der Waals surface area (Å²) in [4.78, 5) is 78.2. The Kier molecular flexibility index (Phi) is 12.2. The Balaban J connectivity index is 0.869. The fourth-order valence-electron chi connectivity index (χ4n) is 10.6. The fourth-order valence-corrected chi connectivity index (χ4v) is 10.8. The van der Waals surface area contributed by atoms with Crippen molar-refractivity contribution in [2.45, 2.75) is 150 Å². The Bertz CT molecular complexity index is 2640. The van der Waals surface area contributed by atoms with Crippen LogP contribution in [0.5, 0.6) is 17.2 Å². The summed E-state index contributed by atoms with van der Waals surface area (Å²) in [6.45, 7) is 4.32. The van der Waals surface area contributed by atoms with E-state index in [0.29, 0.717) is 37.7 Å². The van der Waals surface area contributed by atoms with Crippen molar-refractivity contribution in [3.8, 4) is 17.2 Å². The van der Waals surface area contributed by atoms with E-state index in [0.717, 1.165) is 12.5 Å². The van der Waals surface area contributed by atoms with Gasteiger partial charge in [0.1, 0.15) is 34.3 Å². The minimum Gasteiger partial charge on any atom is -0.507 e. The predicted octanol–water partition coefficient (Wildman–Crippen LogP) is 3.90. The number of hydrogen-bond donors (Lipinski definition) is 8. The molecule has 2 aliphatic heterocycles. The average molecular weight is 940 g/mol. The summed E-state index contributed by atoms with van der Waals surface area (Å²) in [5.74, 6) is -5.33. The first-order chi connectivity index (χ1) is 31.1. The number of carbonyl (C=O) groups is 5. The summed E-state index contributed by atoms with van der Waals surface area (Å²) >= 11 is 5.96. The van der Waals surface area contributed by atoms with E-state index in [4.69, 9.17) is 35.0 Å². The molecular weight excluding hydrogens is 890 g/mol. The van der Waals surface area contributed by atoms with Crippen LogP contribution in [0.4, 0.5) is 5.69 Å². The van der Waals surface area contributed by atoms with Gasteiger partial charge in [0.25, 0.3) is 0 Å². The SMILES string of the molecule is CC(=O)O[C@@H]1[C@@H](C)O[C@@H](c2ccc3c(c2O)[C@H](O)[C@]24O[C@@]2(C3=O)[C@@]2(O)C(=O)C=C(C)C[C@@]2(O)C[C@@H]4O)C[C@H]1OC(=O)CCCCCCCCC(=O)Nc1c(O)c2ccc(O)c(Cl)c2oc1=O. The van der Waals surface area contributed by atoms with E-state index in [9.17, 15) is 64.5 Å². The molecule has 354 valence electrons. The number of benzene rings is 2. The lowest BCUT2D eigenvalue weighted by atomic mass is 9.50. The highest BCUT2D eigenvalue weighted by Gasteiger charge is 2.96. The van der Waals surface area contributed by atoms with Gasteiger partial charge in [0.2, 0.25) is 17.3 Å². The first-order valence-corrected chi connectivity index (χ1v) is 22.1. The second-order valence-corrected chi connectivity index (χ2v) is 18.4. The molecule has 3 heterocycles. The van der Waals surface area contributed by atoms with Crippen molar-refractivity contribution in [3.63, 3.8) is 0 Å². The summed E-state index contributed by atoms with van der Waals surface area (Å²) in [5, 5.41) is 81.2. The largest absolute Gasteiger partial charge is 0.507 e. The number of ketones is 2. The summed E-state index contributed by atoms with van der Waals surface area (Å²) < 4.78 is 28.5. The van der Waals surface area contributed by atoms with Gasteiger partial charge in [-0.05, 0) is 44.9 Å². The van der Waals surface area contributed by atoms with E-state index >= 15 is 0 Å². The lowest BCUT2D eigenvalue weighted by Gasteiger charge is -2.54. The Morgan fingerprint density at radius 3 is 2.30 bits per heavy atom. The van der Waals surface area contributed by atoms with Crippen LogP contribution in [0, 0.1) is 0 Å². The van der Waals surface area contributed by atoms with E-state index in [-0.39, 0.29) is 64.1 Å². The number of ether oxygens (including phenoxy) is 4. The van der Waals surface area contributed by atoms with Crippen LogP contribution >= 0.6 is 11.6 Å².